The van der Waals surface area contributed by atoms with Gasteiger partial charge in [0.2, 0.25) is 0 Å². The Hall–Kier alpha value is -0.120. The van der Waals surface area contributed by atoms with Crippen molar-refractivity contribution in [3.05, 3.63) is 0 Å². The smallest absolute Gasteiger partial charge is 0.0111 e. The van der Waals surface area contributed by atoms with E-state index < -0.39 is 0 Å². The normalized spacial score (nSPS) is 36.8. The van der Waals surface area contributed by atoms with Gasteiger partial charge in [0.1, 0.15) is 0 Å². The van der Waals surface area contributed by atoms with Crippen molar-refractivity contribution in [1.29, 1.82) is 0 Å². The average Bonchev–Trinajstić information content (AvgIpc) is 3.18. The van der Waals surface area contributed by atoms with E-state index in [1.54, 1.807) is 0 Å². The fraction of sp³-hybridized carbons (Fsp3) is 1.00. The molecule has 0 amide bonds. The first-order chi connectivity index (χ1) is 9.83. The molecule has 3 aliphatic rings. The zero-order valence-electron chi connectivity index (χ0n) is 13.2. The summed E-state index contributed by atoms with van der Waals surface area (Å²) >= 11 is 0. The fourth-order valence-corrected chi connectivity index (χ4v) is 4.62. The molecule has 0 bridgehead atoms. The molecule has 4 atom stereocenters. The molecule has 0 radical (unpaired) electrons. The zero-order chi connectivity index (χ0) is 13.8. The van der Waals surface area contributed by atoms with Crippen LogP contribution in [0.1, 0.15) is 51.9 Å². The van der Waals surface area contributed by atoms with Crippen LogP contribution in [0.3, 0.4) is 0 Å². The third-order valence-corrected chi connectivity index (χ3v) is 5.68. The average molecular weight is 279 g/mol. The van der Waals surface area contributed by atoms with E-state index in [9.17, 15) is 0 Å². The molecule has 0 aromatic carbocycles. The van der Waals surface area contributed by atoms with Gasteiger partial charge in [-0.05, 0) is 76.5 Å². The summed E-state index contributed by atoms with van der Waals surface area (Å²) < 4.78 is 0. The summed E-state index contributed by atoms with van der Waals surface area (Å²) in [4.78, 5) is 2.65. The zero-order valence-corrected chi connectivity index (χ0v) is 13.2. The van der Waals surface area contributed by atoms with E-state index in [2.05, 4.69) is 22.5 Å². The van der Waals surface area contributed by atoms with Crippen LogP contribution in [0.4, 0.5) is 0 Å². The van der Waals surface area contributed by atoms with Gasteiger partial charge in [-0.2, -0.15) is 0 Å². The Morgan fingerprint density at radius 2 is 1.95 bits per heavy atom. The monoisotopic (exact) mass is 279 g/mol. The lowest BCUT2D eigenvalue weighted by atomic mass is 9.93. The molecule has 3 heteroatoms. The van der Waals surface area contributed by atoms with Crippen LogP contribution in [-0.2, 0) is 0 Å². The topological polar surface area (TPSA) is 27.3 Å². The second kappa shape index (κ2) is 7.24. The molecule has 2 aliphatic heterocycles. The lowest BCUT2D eigenvalue weighted by Crippen LogP contribution is -2.44. The quantitative estimate of drug-likeness (QED) is 0.781. The van der Waals surface area contributed by atoms with E-state index in [-0.39, 0.29) is 0 Å². The Bertz CT molecular complexity index is 282. The first-order valence-electron chi connectivity index (χ1n) is 9.02. The van der Waals surface area contributed by atoms with E-state index in [0.717, 1.165) is 23.9 Å². The highest BCUT2D eigenvalue weighted by atomic mass is 15.1. The van der Waals surface area contributed by atoms with Crippen molar-refractivity contribution in [1.82, 2.24) is 15.5 Å². The van der Waals surface area contributed by atoms with Gasteiger partial charge in [0.05, 0.1) is 0 Å². The minimum atomic E-state index is 0.784. The van der Waals surface area contributed by atoms with Crippen LogP contribution in [0, 0.1) is 11.8 Å². The van der Waals surface area contributed by atoms with Crippen molar-refractivity contribution in [3.63, 3.8) is 0 Å². The van der Waals surface area contributed by atoms with Crippen molar-refractivity contribution < 1.29 is 0 Å². The van der Waals surface area contributed by atoms with Crippen LogP contribution in [0.25, 0.3) is 0 Å². The summed E-state index contributed by atoms with van der Waals surface area (Å²) in [5.41, 5.74) is 0. The SMILES string of the molecule is CC(CNC1CCCC1C1CCCN1)CN1CCCC1. The van der Waals surface area contributed by atoms with Crippen LogP contribution in [0.5, 0.6) is 0 Å². The Kier molecular flexibility index (Phi) is 5.36. The van der Waals surface area contributed by atoms with E-state index in [1.807, 2.05) is 0 Å². The van der Waals surface area contributed by atoms with Gasteiger partial charge in [-0.1, -0.05) is 13.3 Å². The standard InChI is InChI=1S/C17H33N3/c1-14(13-20-10-2-3-11-20)12-19-17-7-4-6-15(17)16-8-5-9-18-16/h14-19H,2-13H2,1H3. The molecular weight excluding hydrogens is 246 g/mol. The Morgan fingerprint density at radius 3 is 2.70 bits per heavy atom. The third-order valence-electron chi connectivity index (χ3n) is 5.68. The highest BCUT2D eigenvalue weighted by Gasteiger charge is 2.34. The second-order valence-electron chi connectivity index (χ2n) is 7.43. The van der Waals surface area contributed by atoms with Gasteiger partial charge in [-0.25, -0.2) is 0 Å². The van der Waals surface area contributed by atoms with Crippen LogP contribution in [0.15, 0.2) is 0 Å². The molecule has 3 nitrogen and oxygen atoms in total. The summed E-state index contributed by atoms with van der Waals surface area (Å²) in [7, 11) is 0. The Morgan fingerprint density at radius 1 is 1.10 bits per heavy atom. The third kappa shape index (κ3) is 3.75. The molecule has 2 N–H and O–H groups in total. The number of nitrogens with one attached hydrogen (secondary N) is 2. The Labute approximate surface area is 124 Å². The number of hydrogen-bond acceptors (Lipinski definition) is 3. The molecular formula is C17H33N3. The second-order valence-corrected chi connectivity index (χ2v) is 7.43. The number of likely N-dealkylation sites (tertiary alicyclic amines) is 1. The predicted molar refractivity (Wildman–Crippen MR) is 85.0 cm³/mol. The number of rotatable bonds is 6. The van der Waals surface area contributed by atoms with Crippen LogP contribution in [0.2, 0.25) is 0 Å². The largest absolute Gasteiger partial charge is 0.314 e. The lowest BCUT2D eigenvalue weighted by molar-refractivity contribution is 0.261. The first kappa shape index (κ1) is 14.8. The van der Waals surface area contributed by atoms with Crippen molar-refractivity contribution in [2.45, 2.75) is 64.0 Å². The molecule has 0 aromatic rings. The number of nitrogens with zero attached hydrogens (tertiary/aromatic N) is 1. The molecule has 1 aliphatic carbocycles. The van der Waals surface area contributed by atoms with E-state index in [0.29, 0.717) is 0 Å². The van der Waals surface area contributed by atoms with Gasteiger partial charge < -0.3 is 15.5 Å². The molecule has 0 aromatic heterocycles. The predicted octanol–water partition coefficient (Wildman–Crippen LogP) is 2.23. The highest BCUT2D eigenvalue weighted by Crippen LogP contribution is 2.32. The maximum atomic E-state index is 3.92. The molecule has 0 spiro atoms. The van der Waals surface area contributed by atoms with Gasteiger partial charge in [0.25, 0.3) is 0 Å². The number of hydrogen-bond donors (Lipinski definition) is 2. The Balaban J connectivity index is 1.40. The van der Waals surface area contributed by atoms with Gasteiger partial charge >= 0.3 is 0 Å². The van der Waals surface area contributed by atoms with Gasteiger partial charge in [-0.3, -0.25) is 0 Å². The first-order valence-corrected chi connectivity index (χ1v) is 9.02. The van der Waals surface area contributed by atoms with Crippen molar-refractivity contribution in [2.75, 3.05) is 32.7 Å². The van der Waals surface area contributed by atoms with E-state index in [4.69, 9.17) is 0 Å². The molecule has 20 heavy (non-hydrogen) atoms. The summed E-state index contributed by atoms with van der Waals surface area (Å²) in [5, 5.41) is 7.64. The molecule has 3 rings (SSSR count). The van der Waals surface area contributed by atoms with Crippen molar-refractivity contribution >= 4 is 0 Å². The van der Waals surface area contributed by atoms with Crippen LogP contribution in [-0.4, -0.2) is 49.7 Å². The van der Waals surface area contributed by atoms with Crippen molar-refractivity contribution in [2.24, 2.45) is 11.8 Å². The van der Waals surface area contributed by atoms with Gasteiger partial charge in [0, 0.05) is 18.6 Å². The van der Waals surface area contributed by atoms with Gasteiger partial charge in [0.15, 0.2) is 0 Å². The molecule has 3 fully saturated rings. The lowest BCUT2D eigenvalue weighted by Gasteiger charge is -2.28. The van der Waals surface area contributed by atoms with Gasteiger partial charge in [-0.15, -0.1) is 0 Å². The van der Waals surface area contributed by atoms with E-state index in [1.165, 1.54) is 77.7 Å². The summed E-state index contributed by atoms with van der Waals surface area (Å²) in [6.45, 7) is 8.85. The maximum Gasteiger partial charge on any atom is 0.0111 e. The summed E-state index contributed by atoms with van der Waals surface area (Å²) in [6.07, 6.45) is 9.90. The molecule has 1 saturated carbocycles. The van der Waals surface area contributed by atoms with Crippen LogP contribution < -0.4 is 10.6 Å². The summed E-state index contributed by atoms with van der Waals surface area (Å²) in [5.74, 6) is 1.70. The molecule has 2 heterocycles. The van der Waals surface area contributed by atoms with Crippen LogP contribution >= 0.6 is 0 Å². The molecule has 2 saturated heterocycles. The fourth-order valence-electron chi connectivity index (χ4n) is 4.62. The van der Waals surface area contributed by atoms with E-state index >= 15 is 0 Å². The molecule has 4 unspecified atom stereocenters. The highest BCUT2D eigenvalue weighted by molar-refractivity contribution is 4.93. The molecule has 116 valence electrons. The maximum absolute atomic E-state index is 3.92. The minimum absolute atomic E-state index is 0.784. The van der Waals surface area contributed by atoms with Crippen molar-refractivity contribution in [3.8, 4) is 0 Å². The minimum Gasteiger partial charge on any atom is -0.314 e. The summed E-state index contributed by atoms with van der Waals surface area (Å²) in [6, 6.07) is 1.59.